The van der Waals surface area contributed by atoms with Crippen molar-refractivity contribution in [2.24, 2.45) is 7.05 Å². The van der Waals surface area contributed by atoms with Crippen LogP contribution in [-0.4, -0.2) is 33.4 Å². The zero-order chi connectivity index (χ0) is 14.8. The van der Waals surface area contributed by atoms with Crippen molar-refractivity contribution < 1.29 is 9.59 Å². The van der Waals surface area contributed by atoms with Gasteiger partial charge in [-0.15, -0.1) is 5.10 Å². The van der Waals surface area contributed by atoms with Crippen LogP contribution in [0.15, 0.2) is 30.5 Å². The van der Waals surface area contributed by atoms with Crippen LogP contribution < -0.4 is 10.2 Å². The average Bonchev–Trinajstić information content (AvgIpc) is 3.08. The molecular weight excluding hydrogens is 270 g/mol. The van der Waals surface area contributed by atoms with Crippen molar-refractivity contribution in [1.29, 1.82) is 0 Å². The minimum Gasteiger partial charge on any atom is -0.320 e. The van der Waals surface area contributed by atoms with E-state index in [9.17, 15) is 9.59 Å². The second-order valence-electron chi connectivity index (χ2n) is 4.93. The molecule has 1 aromatic carbocycles. The van der Waals surface area contributed by atoms with E-state index in [1.807, 2.05) is 12.1 Å². The number of aromatic nitrogens is 3. The maximum absolute atomic E-state index is 12.0. The Bertz CT molecular complexity index is 694. The summed E-state index contributed by atoms with van der Waals surface area (Å²) in [6, 6.07) is 7.24. The number of amides is 2. The van der Waals surface area contributed by atoms with Crippen molar-refractivity contribution in [2.45, 2.75) is 12.8 Å². The van der Waals surface area contributed by atoms with E-state index in [0.717, 1.165) is 18.7 Å². The Kier molecular flexibility index (Phi) is 3.39. The molecule has 0 spiro atoms. The van der Waals surface area contributed by atoms with Crippen molar-refractivity contribution in [3.05, 3.63) is 36.2 Å². The van der Waals surface area contributed by atoms with Crippen molar-refractivity contribution in [3.63, 3.8) is 0 Å². The highest BCUT2D eigenvalue weighted by Crippen LogP contribution is 2.24. The summed E-state index contributed by atoms with van der Waals surface area (Å²) in [5.74, 6) is -0.208. The van der Waals surface area contributed by atoms with Crippen LogP contribution in [0.5, 0.6) is 0 Å². The monoisotopic (exact) mass is 285 g/mol. The van der Waals surface area contributed by atoms with Crippen LogP contribution in [0, 0.1) is 0 Å². The fourth-order valence-electron chi connectivity index (χ4n) is 2.32. The van der Waals surface area contributed by atoms with Gasteiger partial charge in [-0.3, -0.25) is 14.3 Å². The van der Waals surface area contributed by atoms with Gasteiger partial charge in [-0.2, -0.15) is 0 Å². The summed E-state index contributed by atoms with van der Waals surface area (Å²) in [6.45, 7) is 0.723. The standard InChI is InChI=1S/C14H15N5O2/c1-18-9-12(16-17-18)14(21)15-10-4-2-5-11(8-10)19-7-3-6-13(19)20/h2,4-5,8-9H,3,6-7H2,1H3,(H,15,21). The van der Waals surface area contributed by atoms with Gasteiger partial charge in [-0.05, 0) is 24.6 Å². The van der Waals surface area contributed by atoms with E-state index in [1.165, 1.54) is 4.68 Å². The Hall–Kier alpha value is -2.70. The number of hydrogen-bond acceptors (Lipinski definition) is 4. The van der Waals surface area contributed by atoms with E-state index in [-0.39, 0.29) is 17.5 Å². The zero-order valence-corrected chi connectivity index (χ0v) is 11.6. The van der Waals surface area contributed by atoms with Crippen LogP contribution in [0.2, 0.25) is 0 Å². The molecule has 0 saturated carbocycles. The van der Waals surface area contributed by atoms with Gasteiger partial charge in [0.05, 0.1) is 6.20 Å². The summed E-state index contributed by atoms with van der Waals surface area (Å²) in [5, 5.41) is 10.2. The maximum Gasteiger partial charge on any atom is 0.277 e. The van der Waals surface area contributed by atoms with E-state index in [1.54, 1.807) is 30.3 Å². The minimum atomic E-state index is -0.326. The lowest BCUT2D eigenvalue weighted by molar-refractivity contribution is -0.117. The molecule has 1 aromatic heterocycles. The van der Waals surface area contributed by atoms with Crippen LogP contribution in [0.1, 0.15) is 23.3 Å². The van der Waals surface area contributed by atoms with Gasteiger partial charge in [0, 0.05) is 31.4 Å². The van der Waals surface area contributed by atoms with Crippen molar-refractivity contribution >= 4 is 23.2 Å². The molecule has 0 unspecified atom stereocenters. The molecule has 0 bridgehead atoms. The quantitative estimate of drug-likeness (QED) is 0.918. The molecule has 0 radical (unpaired) electrons. The van der Waals surface area contributed by atoms with E-state index < -0.39 is 0 Å². The molecular formula is C14H15N5O2. The second-order valence-corrected chi connectivity index (χ2v) is 4.93. The van der Waals surface area contributed by atoms with Crippen LogP contribution >= 0.6 is 0 Å². The van der Waals surface area contributed by atoms with Crippen LogP contribution in [0.3, 0.4) is 0 Å². The molecule has 2 heterocycles. The number of aryl methyl sites for hydroxylation is 1. The van der Waals surface area contributed by atoms with Crippen molar-refractivity contribution in [3.8, 4) is 0 Å². The number of benzene rings is 1. The first-order valence-electron chi connectivity index (χ1n) is 6.71. The fraction of sp³-hybridized carbons (Fsp3) is 0.286. The first-order chi connectivity index (χ1) is 10.1. The molecule has 1 aliphatic heterocycles. The van der Waals surface area contributed by atoms with Gasteiger partial charge < -0.3 is 10.2 Å². The molecule has 3 rings (SSSR count). The van der Waals surface area contributed by atoms with Crippen molar-refractivity contribution in [1.82, 2.24) is 15.0 Å². The highest BCUT2D eigenvalue weighted by molar-refractivity contribution is 6.03. The Morgan fingerprint density at radius 2 is 2.24 bits per heavy atom. The number of rotatable bonds is 3. The van der Waals surface area contributed by atoms with E-state index in [4.69, 9.17) is 0 Å². The predicted octanol–water partition coefficient (Wildman–Crippen LogP) is 1.19. The molecule has 1 fully saturated rings. The molecule has 1 N–H and O–H groups in total. The number of nitrogens with one attached hydrogen (secondary N) is 1. The fourth-order valence-corrected chi connectivity index (χ4v) is 2.32. The van der Waals surface area contributed by atoms with Gasteiger partial charge in [0.1, 0.15) is 0 Å². The third-order valence-corrected chi connectivity index (χ3v) is 3.32. The second kappa shape index (κ2) is 5.35. The summed E-state index contributed by atoms with van der Waals surface area (Å²) in [7, 11) is 1.70. The first-order valence-corrected chi connectivity index (χ1v) is 6.71. The van der Waals surface area contributed by atoms with E-state index in [2.05, 4.69) is 15.6 Å². The number of nitrogens with zero attached hydrogens (tertiary/aromatic N) is 4. The van der Waals surface area contributed by atoms with Gasteiger partial charge >= 0.3 is 0 Å². The smallest absolute Gasteiger partial charge is 0.277 e. The molecule has 1 saturated heterocycles. The topological polar surface area (TPSA) is 80.1 Å². The number of carbonyl (C=O) groups excluding carboxylic acids is 2. The molecule has 7 heteroatoms. The molecule has 108 valence electrons. The Morgan fingerprint density at radius 3 is 2.90 bits per heavy atom. The Morgan fingerprint density at radius 1 is 1.38 bits per heavy atom. The highest BCUT2D eigenvalue weighted by Gasteiger charge is 2.21. The number of carbonyl (C=O) groups is 2. The largest absolute Gasteiger partial charge is 0.320 e. The van der Waals surface area contributed by atoms with Crippen molar-refractivity contribution in [2.75, 3.05) is 16.8 Å². The van der Waals surface area contributed by atoms with Crippen LogP contribution in [0.25, 0.3) is 0 Å². The lowest BCUT2D eigenvalue weighted by atomic mass is 10.2. The molecule has 0 aliphatic carbocycles. The van der Waals surface area contributed by atoms with Gasteiger partial charge in [0.15, 0.2) is 5.69 Å². The lowest BCUT2D eigenvalue weighted by Crippen LogP contribution is -2.23. The van der Waals surface area contributed by atoms with Gasteiger partial charge in [-0.1, -0.05) is 11.3 Å². The van der Waals surface area contributed by atoms with E-state index >= 15 is 0 Å². The van der Waals surface area contributed by atoms with E-state index in [0.29, 0.717) is 12.1 Å². The first kappa shape index (κ1) is 13.3. The summed E-state index contributed by atoms with van der Waals surface area (Å²) in [5.41, 5.74) is 1.68. The minimum absolute atomic E-state index is 0.118. The molecule has 2 aromatic rings. The lowest BCUT2D eigenvalue weighted by Gasteiger charge is -2.16. The van der Waals surface area contributed by atoms with Crippen LogP contribution in [-0.2, 0) is 11.8 Å². The molecule has 7 nitrogen and oxygen atoms in total. The predicted molar refractivity (Wildman–Crippen MR) is 77.0 cm³/mol. The Labute approximate surface area is 121 Å². The highest BCUT2D eigenvalue weighted by atomic mass is 16.2. The molecule has 2 amide bonds. The Balaban J connectivity index is 1.77. The average molecular weight is 285 g/mol. The maximum atomic E-state index is 12.0. The van der Waals surface area contributed by atoms with Gasteiger partial charge in [0.25, 0.3) is 5.91 Å². The van der Waals surface area contributed by atoms with Gasteiger partial charge in [-0.25, -0.2) is 0 Å². The summed E-state index contributed by atoms with van der Waals surface area (Å²) < 4.78 is 1.47. The third-order valence-electron chi connectivity index (χ3n) is 3.32. The normalized spacial score (nSPS) is 14.5. The summed E-state index contributed by atoms with van der Waals surface area (Å²) >= 11 is 0. The summed E-state index contributed by atoms with van der Waals surface area (Å²) in [6.07, 6.45) is 2.99. The van der Waals surface area contributed by atoms with Crippen LogP contribution in [0.4, 0.5) is 11.4 Å². The molecule has 1 aliphatic rings. The third kappa shape index (κ3) is 2.76. The molecule has 0 atom stereocenters. The summed E-state index contributed by atoms with van der Waals surface area (Å²) in [4.78, 5) is 25.5. The number of hydrogen-bond donors (Lipinski definition) is 1. The zero-order valence-electron chi connectivity index (χ0n) is 11.6. The molecule has 21 heavy (non-hydrogen) atoms. The SMILES string of the molecule is Cn1cc(C(=O)Nc2cccc(N3CCCC3=O)c2)nn1. The number of anilines is 2. The van der Waals surface area contributed by atoms with Gasteiger partial charge in [0.2, 0.25) is 5.91 Å².